The van der Waals surface area contributed by atoms with Gasteiger partial charge < -0.3 is 4.57 Å². The number of nitrogens with zero attached hydrogens (tertiary/aromatic N) is 4. The Kier molecular flexibility index (Phi) is 8.75. The fourth-order valence-corrected chi connectivity index (χ4v) is 10.6. The molecule has 0 aliphatic heterocycles. The van der Waals surface area contributed by atoms with Crippen molar-refractivity contribution < 1.29 is 4.57 Å². The van der Waals surface area contributed by atoms with Crippen LogP contribution in [0.25, 0.3) is 77.6 Å². The second-order valence-corrected chi connectivity index (χ2v) is 17.0. The van der Waals surface area contributed by atoms with Gasteiger partial charge in [0.15, 0.2) is 7.14 Å². The van der Waals surface area contributed by atoms with Gasteiger partial charge in [0, 0.05) is 48.8 Å². The maximum Gasteiger partial charge on any atom is 0.171 e. The number of fused-ring (bicyclic) bond motifs is 5. The molecule has 10 aromatic rings. The van der Waals surface area contributed by atoms with Crippen LogP contribution in [0.4, 0.5) is 0 Å². The Bertz CT molecular complexity index is 3180. The molecule has 0 N–H and O–H groups in total. The quantitative estimate of drug-likeness (QED) is 0.119. The molecule has 0 fully saturated rings. The first-order valence-electron chi connectivity index (χ1n) is 19.1. The van der Waals surface area contributed by atoms with E-state index >= 15 is 0 Å². The lowest BCUT2D eigenvalue weighted by molar-refractivity contribution is 0.592. The highest BCUT2D eigenvalue weighted by atomic mass is 31.2. The lowest BCUT2D eigenvalue weighted by Gasteiger charge is -2.20. The number of nitriles is 1. The Hall–Kier alpha value is -7.51. The van der Waals surface area contributed by atoms with E-state index in [-0.39, 0.29) is 0 Å². The predicted octanol–water partition coefficient (Wildman–Crippen LogP) is 11.5. The van der Waals surface area contributed by atoms with Crippen LogP contribution < -0.4 is 15.9 Å². The van der Waals surface area contributed by atoms with Gasteiger partial charge in [0.1, 0.15) is 11.6 Å². The van der Waals surface area contributed by atoms with E-state index in [0.717, 1.165) is 82.5 Å². The first-order valence-corrected chi connectivity index (χ1v) is 20.8. The third kappa shape index (κ3) is 5.96. The molecule has 0 aliphatic carbocycles. The van der Waals surface area contributed by atoms with Crippen LogP contribution in [0.15, 0.2) is 200 Å². The summed E-state index contributed by atoms with van der Waals surface area (Å²) in [6.45, 7) is 0. The summed E-state index contributed by atoms with van der Waals surface area (Å²) in [5.41, 5.74) is 9.51. The van der Waals surface area contributed by atoms with E-state index in [1.54, 1.807) is 0 Å². The summed E-state index contributed by atoms with van der Waals surface area (Å²) in [5, 5.41) is 15.7. The number of rotatable bonds is 7. The van der Waals surface area contributed by atoms with Crippen LogP contribution in [0.2, 0.25) is 0 Å². The first-order chi connectivity index (χ1) is 28.6. The molecule has 10 rings (SSSR count). The first kappa shape index (κ1) is 34.9. The van der Waals surface area contributed by atoms with Crippen molar-refractivity contribution in [3.63, 3.8) is 0 Å². The minimum Gasteiger partial charge on any atom is -0.309 e. The highest BCUT2D eigenvalue weighted by Crippen LogP contribution is 2.43. The van der Waals surface area contributed by atoms with Gasteiger partial charge >= 0.3 is 0 Å². The van der Waals surface area contributed by atoms with Gasteiger partial charge in [0.25, 0.3) is 0 Å². The summed E-state index contributed by atoms with van der Waals surface area (Å²) in [6.07, 6.45) is 0. The zero-order valence-corrected chi connectivity index (χ0v) is 32.1. The summed E-state index contributed by atoms with van der Waals surface area (Å²) in [7, 11) is -3.08. The van der Waals surface area contributed by atoms with Crippen molar-refractivity contribution >= 4 is 55.8 Å². The number of benzene rings is 8. The van der Waals surface area contributed by atoms with Crippen molar-refractivity contribution in [2.45, 2.75) is 0 Å². The molecule has 5 nitrogen and oxygen atoms in total. The lowest BCUT2D eigenvalue weighted by Crippen LogP contribution is -2.24. The van der Waals surface area contributed by atoms with Gasteiger partial charge in [0.2, 0.25) is 0 Å². The van der Waals surface area contributed by atoms with E-state index in [0.29, 0.717) is 16.6 Å². The predicted molar refractivity (Wildman–Crippen MR) is 238 cm³/mol. The van der Waals surface area contributed by atoms with E-state index < -0.39 is 7.14 Å². The topological polar surface area (TPSA) is 79.5 Å². The maximum atomic E-state index is 14.9. The number of hydrogen-bond acceptors (Lipinski definition) is 5. The maximum absolute atomic E-state index is 14.9. The number of pyridine rings is 1. The molecule has 0 saturated carbocycles. The van der Waals surface area contributed by atoms with Gasteiger partial charge in [-0.2, -0.15) is 5.26 Å². The molecule has 0 atom stereocenters. The molecule has 0 aliphatic rings. The summed E-state index contributed by atoms with van der Waals surface area (Å²) in [4.78, 5) is 15.8. The Morgan fingerprint density at radius 3 is 1.38 bits per heavy atom. The molecule has 2 heterocycles. The second-order valence-electron chi connectivity index (χ2n) is 14.2. The second kappa shape index (κ2) is 14.5. The van der Waals surface area contributed by atoms with E-state index in [2.05, 4.69) is 36.4 Å². The van der Waals surface area contributed by atoms with Gasteiger partial charge in [-0.25, -0.2) is 15.0 Å². The van der Waals surface area contributed by atoms with Crippen molar-refractivity contribution in [1.29, 1.82) is 5.26 Å². The molecule has 0 saturated heterocycles. The molecule has 0 radical (unpaired) electrons. The van der Waals surface area contributed by atoms with E-state index in [4.69, 9.17) is 15.0 Å². The van der Waals surface area contributed by atoms with E-state index in [9.17, 15) is 9.83 Å². The van der Waals surface area contributed by atoms with Crippen molar-refractivity contribution in [1.82, 2.24) is 15.0 Å². The number of para-hydroxylation sites is 1. The fraction of sp³-hybridized carbons (Fsp3) is 0. The van der Waals surface area contributed by atoms with Crippen molar-refractivity contribution in [3.05, 3.63) is 206 Å². The summed E-state index contributed by atoms with van der Waals surface area (Å²) < 4.78 is 14.9. The third-order valence-electron chi connectivity index (χ3n) is 10.8. The third-order valence-corrected chi connectivity index (χ3v) is 13.9. The average molecular weight is 761 g/mol. The largest absolute Gasteiger partial charge is 0.309 e. The molecule has 0 unspecified atom stereocenters. The van der Waals surface area contributed by atoms with Crippen molar-refractivity contribution in [3.8, 4) is 51.0 Å². The van der Waals surface area contributed by atoms with Crippen molar-refractivity contribution in [2.75, 3.05) is 0 Å². The normalized spacial score (nSPS) is 11.5. The SMILES string of the molecule is N#Cc1cc2c(-c3ccc(-c4ccc(P(=O)(c5ccccc5)c5ccccc5)cc4)cc3)nc3ccccc3c2c2nc(-c3ccccc3)c(-c3ccccc3)nc12. The van der Waals surface area contributed by atoms with Gasteiger partial charge in [-0.1, -0.05) is 188 Å². The van der Waals surface area contributed by atoms with Gasteiger partial charge in [-0.15, -0.1) is 0 Å². The van der Waals surface area contributed by atoms with Crippen LogP contribution in [0.3, 0.4) is 0 Å². The average Bonchev–Trinajstić information content (AvgIpc) is 3.31. The molecule has 0 spiro atoms. The minimum atomic E-state index is -3.08. The number of hydrogen-bond donors (Lipinski definition) is 0. The molecular weight excluding hydrogens is 728 g/mol. The van der Waals surface area contributed by atoms with Crippen LogP contribution >= 0.6 is 7.14 Å². The minimum absolute atomic E-state index is 0.435. The summed E-state index contributed by atoms with van der Waals surface area (Å²) in [6, 6.07) is 68.4. The highest BCUT2D eigenvalue weighted by Gasteiger charge is 2.29. The Morgan fingerprint density at radius 1 is 0.397 bits per heavy atom. The lowest BCUT2D eigenvalue weighted by atomic mass is 9.95. The fourth-order valence-electron chi connectivity index (χ4n) is 7.94. The Morgan fingerprint density at radius 2 is 0.828 bits per heavy atom. The van der Waals surface area contributed by atoms with Crippen LogP contribution in [0.1, 0.15) is 5.56 Å². The van der Waals surface area contributed by atoms with E-state index in [1.807, 2.05) is 170 Å². The molecule has 2 aromatic heterocycles. The van der Waals surface area contributed by atoms with Crippen LogP contribution in [0.5, 0.6) is 0 Å². The summed E-state index contributed by atoms with van der Waals surface area (Å²) in [5.74, 6) is 0. The number of aromatic nitrogens is 3. The summed E-state index contributed by atoms with van der Waals surface area (Å²) >= 11 is 0. The Balaban J connectivity index is 1.11. The van der Waals surface area contributed by atoms with Gasteiger partial charge in [-0.3, -0.25) is 0 Å². The molecule has 58 heavy (non-hydrogen) atoms. The molecule has 8 aromatic carbocycles. The monoisotopic (exact) mass is 760 g/mol. The standard InChI is InChI=1S/C52H33N4OP/c53-34-40-33-45-47(52-51(40)55-49(37-15-5-1-6-16-37)50(56-52)38-17-7-2-8-18-38)44-23-13-14-24-46(44)54-48(45)39-27-25-35(26-28-39)36-29-31-43(32-30-36)58(57,41-19-9-3-10-20-41)42-21-11-4-12-22-42/h1-33H. The van der Waals surface area contributed by atoms with Crippen LogP contribution in [-0.2, 0) is 4.57 Å². The molecule has 272 valence electrons. The van der Waals surface area contributed by atoms with Crippen LogP contribution in [-0.4, -0.2) is 15.0 Å². The Labute approximate surface area is 336 Å². The van der Waals surface area contributed by atoms with Gasteiger partial charge in [-0.05, 0) is 23.3 Å². The highest BCUT2D eigenvalue weighted by molar-refractivity contribution is 7.85. The molecule has 0 amide bonds. The van der Waals surface area contributed by atoms with E-state index in [1.165, 1.54) is 0 Å². The van der Waals surface area contributed by atoms with Crippen molar-refractivity contribution in [2.24, 2.45) is 0 Å². The smallest absolute Gasteiger partial charge is 0.171 e. The van der Waals surface area contributed by atoms with Crippen LogP contribution in [0, 0.1) is 11.3 Å². The van der Waals surface area contributed by atoms with Gasteiger partial charge in [0.05, 0.1) is 33.7 Å². The molecule has 6 heteroatoms. The zero-order chi connectivity index (χ0) is 39.1. The molecular formula is C52H33N4OP. The zero-order valence-electron chi connectivity index (χ0n) is 31.2. The molecule has 0 bridgehead atoms.